The topological polar surface area (TPSA) is 125 Å². The van der Waals surface area contributed by atoms with Crippen molar-refractivity contribution in [3.05, 3.63) is 69.9 Å². The molecule has 2 aliphatic heterocycles. The second-order valence-electron chi connectivity index (χ2n) is 8.22. The zero-order valence-electron chi connectivity index (χ0n) is 18.4. The molecule has 9 nitrogen and oxygen atoms in total. The van der Waals surface area contributed by atoms with Crippen LogP contribution in [0.25, 0.3) is 22.3 Å². The van der Waals surface area contributed by atoms with Gasteiger partial charge in [-0.2, -0.15) is 0 Å². The molecule has 0 spiro atoms. The van der Waals surface area contributed by atoms with Crippen LogP contribution in [0.3, 0.4) is 0 Å². The van der Waals surface area contributed by atoms with Gasteiger partial charge < -0.3 is 33.6 Å². The van der Waals surface area contributed by atoms with E-state index in [1.54, 1.807) is 24.3 Å². The first-order valence-electron chi connectivity index (χ1n) is 10.7. The zero-order valence-corrected chi connectivity index (χ0v) is 18.4. The van der Waals surface area contributed by atoms with Crippen molar-refractivity contribution in [2.24, 2.45) is 0 Å². The molecular weight excluding hydrogens is 456 g/mol. The van der Waals surface area contributed by atoms with Crippen LogP contribution in [0.15, 0.2) is 57.7 Å². The first-order chi connectivity index (χ1) is 16.9. The van der Waals surface area contributed by atoms with Gasteiger partial charge in [-0.1, -0.05) is 6.07 Å². The molecule has 3 aromatic carbocycles. The van der Waals surface area contributed by atoms with Crippen molar-refractivity contribution in [1.82, 2.24) is 0 Å². The van der Waals surface area contributed by atoms with Gasteiger partial charge in [-0.05, 0) is 35.9 Å². The van der Waals surface area contributed by atoms with E-state index < -0.39 is 17.3 Å². The Morgan fingerprint density at radius 1 is 0.914 bits per heavy atom. The van der Waals surface area contributed by atoms with Gasteiger partial charge in [0.1, 0.15) is 28.2 Å². The average Bonchev–Trinajstić information content (AvgIpc) is 3.31. The predicted octanol–water partition coefficient (Wildman–Crippen LogP) is 4.05. The maximum atomic E-state index is 13.1. The summed E-state index contributed by atoms with van der Waals surface area (Å²) in [5.41, 5.74) is 1.21. The summed E-state index contributed by atoms with van der Waals surface area (Å²) in [6, 6.07) is 12.4. The van der Waals surface area contributed by atoms with Crippen LogP contribution in [0, 0.1) is 0 Å². The highest BCUT2D eigenvalue weighted by Crippen LogP contribution is 2.47. The molecule has 0 aliphatic carbocycles. The van der Waals surface area contributed by atoms with Gasteiger partial charge in [0, 0.05) is 29.2 Å². The Labute approximate surface area is 197 Å². The fourth-order valence-electron chi connectivity index (χ4n) is 4.56. The Morgan fingerprint density at radius 2 is 1.74 bits per heavy atom. The summed E-state index contributed by atoms with van der Waals surface area (Å²) in [6.45, 7) is 0.103. The Bertz CT molecular complexity index is 1580. The molecule has 1 atom stereocenters. The lowest BCUT2D eigenvalue weighted by Gasteiger charge is -2.26. The van der Waals surface area contributed by atoms with E-state index in [0.717, 1.165) is 5.56 Å². The summed E-state index contributed by atoms with van der Waals surface area (Å²) < 4.78 is 27.5. The molecule has 3 heterocycles. The molecule has 1 unspecified atom stereocenters. The van der Waals surface area contributed by atoms with Gasteiger partial charge in [0.15, 0.2) is 28.4 Å². The van der Waals surface area contributed by atoms with Crippen LogP contribution in [0.2, 0.25) is 0 Å². The standard InChI is InChI=1S/C26H18O9/c1-31-18-4-3-13(6-15(18)27)20-9-16(28)25-17(29)10-22-24(26(25)35-20)14(8-23(30)34-22)12-2-5-19-21(7-12)33-11-32-19/h2-7,9-10,14,27,29H,8,11H2,1H3. The van der Waals surface area contributed by atoms with E-state index in [4.69, 9.17) is 23.4 Å². The number of carbonyl (C=O) groups is 1. The molecule has 176 valence electrons. The van der Waals surface area contributed by atoms with Gasteiger partial charge in [-0.25, -0.2) is 0 Å². The van der Waals surface area contributed by atoms with Gasteiger partial charge in [0.05, 0.1) is 13.5 Å². The number of phenols is 2. The van der Waals surface area contributed by atoms with E-state index in [2.05, 4.69) is 0 Å². The normalized spacial score (nSPS) is 16.1. The molecule has 0 radical (unpaired) electrons. The molecule has 0 bridgehead atoms. The number of carbonyl (C=O) groups excluding carboxylic acids is 1. The van der Waals surface area contributed by atoms with Crippen LogP contribution in [0.4, 0.5) is 0 Å². The molecule has 2 aliphatic rings. The predicted molar refractivity (Wildman–Crippen MR) is 122 cm³/mol. The van der Waals surface area contributed by atoms with E-state index in [0.29, 0.717) is 22.6 Å². The number of esters is 1. The van der Waals surface area contributed by atoms with Crippen LogP contribution in [0.1, 0.15) is 23.5 Å². The lowest BCUT2D eigenvalue weighted by molar-refractivity contribution is -0.135. The van der Waals surface area contributed by atoms with Gasteiger partial charge in [0.25, 0.3) is 0 Å². The molecule has 0 saturated heterocycles. The van der Waals surface area contributed by atoms with Gasteiger partial charge in [-0.3, -0.25) is 9.59 Å². The Balaban J connectivity index is 1.60. The number of benzene rings is 3. The van der Waals surface area contributed by atoms with E-state index >= 15 is 0 Å². The minimum absolute atomic E-state index is 0.0101. The van der Waals surface area contributed by atoms with Crippen LogP contribution in [-0.4, -0.2) is 30.1 Å². The molecule has 35 heavy (non-hydrogen) atoms. The number of hydrogen-bond acceptors (Lipinski definition) is 9. The third-order valence-corrected chi connectivity index (χ3v) is 6.19. The fourth-order valence-corrected chi connectivity index (χ4v) is 4.56. The van der Waals surface area contributed by atoms with Crippen LogP contribution in [-0.2, 0) is 4.79 Å². The third-order valence-electron chi connectivity index (χ3n) is 6.19. The molecule has 1 aromatic heterocycles. The van der Waals surface area contributed by atoms with Crippen molar-refractivity contribution in [3.8, 4) is 45.8 Å². The second-order valence-corrected chi connectivity index (χ2v) is 8.22. The number of ether oxygens (including phenoxy) is 4. The number of phenolic OH excluding ortho intramolecular Hbond substituents is 2. The molecule has 4 aromatic rings. The molecule has 0 fully saturated rings. The summed E-state index contributed by atoms with van der Waals surface area (Å²) in [5, 5.41) is 20.8. The average molecular weight is 474 g/mol. The smallest absolute Gasteiger partial charge is 0.312 e. The summed E-state index contributed by atoms with van der Waals surface area (Å²) >= 11 is 0. The van der Waals surface area contributed by atoms with Gasteiger partial charge in [0.2, 0.25) is 6.79 Å². The quantitative estimate of drug-likeness (QED) is 0.334. The van der Waals surface area contributed by atoms with Crippen molar-refractivity contribution in [2.75, 3.05) is 13.9 Å². The van der Waals surface area contributed by atoms with Crippen molar-refractivity contribution >= 4 is 16.9 Å². The SMILES string of the molecule is COc1ccc(-c2cc(=O)c3c(O)cc4c(c3o2)C(c2ccc3c(c2)OCO3)CC(=O)O4)cc1O. The maximum Gasteiger partial charge on any atom is 0.312 e. The van der Waals surface area contributed by atoms with Crippen LogP contribution >= 0.6 is 0 Å². The van der Waals surface area contributed by atoms with E-state index in [1.807, 2.05) is 6.07 Å². The Morgan fingerprint density at radius 3 is 2.54 bits per heavy atom. The first-order valence-corrected chi connectivity index (χ1v) is 10.7. The summed E-state index contributed by atoms with van der Waals surface area (Å²) in [7, 11) is 1.43. The number of aromatic hydroxyl groups is 2. The molecule has 0 amide bonds. The molecule has 9 heteroatoms. The van der Waals surface area contributed by atoms with E-state index in [-0.39, 0.29) is 52.9 Å². The highest BCUT2D eigenvalue weighted by atomic mass is 16.7. The third kappa shape index (κ3) is 3.31. The number of methoxy groups -OCH3 is 1. The summed E-state index contributed by atoms with van der Waals surface area (Å²) in [5.74, 6) is 0.152. The van der Waals surface area contributed by atoms with Gasteiger partial charge >= 0.3 is 5.97 Å². The van der Waals surface area contributed by atoms with Crippen molar-refractivity contribution in [1.29, 1.82) is 0 Å². The zero-order chi connectivity index (χ0) is 24.3. The first kappa shape index (κ1) is 20.9. The Hall–Kier alpha value is -4.66. The minimum Gasteiger partial charge on any atom is -0.507 e. The van der Waals surface area contributed by atoms with Crippen molar-refractivity contribution in [3.63, 3.8) is 0 Å². The monoisotopic (exact) mass is 474 g/mol. The molecule has 0 saturated carbocycles. The lowest BCUT2D eigenvalue weighted by Crippen LogP contribution is -2.22. The highest BCUT2D eigenvalue weighted by molar-refractivity contribution is 5.93. The number of fused-ring (bicyclic) bond motifs is 4. The highest BCUT2D eigenvalue weighted by Gasteiger charge is 2.34. The van der Waals surface area contributed by atoms with Crippen molar-refractivity contribution < 1.29 is 38.4 Å². The number of hydrogen-bond donors (Lipinski definition) is 2. The van der Waals surface area contributed by atoms with Crippen LogP contribution < -0.4 is 24.4 Å². The number of rotatable bonds is 3. The van der Waals surface area contributed by atoms with E-state index in [9.17, 15) is 19.8 Å². The van der Waals surface area contributed by atoms with E-state index in [1.165, 1.54) is 25.3 Å². The van der Waals surface area contributed by atoms with Crippen molar-refractivity contribution in [2.45, 2.75) is 12.3 Å². The maximum absolute atomic E-state index is 13.1. The van der Waals surface area contributed by atoms with Gasteiger partial charge in [-0.15, -0.1) is 0 Å². The largest absolute Gasteiger partial charge is 0.507 e. The Kier molecular flexibility index (Phi) is 4.60. The second kappa shape index (κ2) is 7.69. The molecule has 2 N–H and O–H groups in total. The summed E-state index contributed by atoms with van der Waals surface area (Å²) in [4.78, 5) is 25.5. The minimum atomic E-state index is -0.536. The molecular formula is C26H18O9. The van der Waals surface area contributed by atoms with Crippen LogP contribution in [0.5, 0.6) is 34.5 Å². The fraction of sp³-hybridized carbons (Fsp3) is 0.154. The summed E-state index contributed by atoms with van der Waals surface area (Å²) in [6.07, 6.45) is -0.0101. The lowest BCUT2D eigenvalue weighted by atomic mass is 9.85. The molecule has 6 rings (SSSR count).